The molecule has 0 unspecified atom stereocenters. The first kappa shape index (κ1) is 18.1. The van der Waals surface area contributed by atoms with Crippen LogP contribution in [0.2, 0.25) is 0 Å². The van der Waals surface area contributed by atoms with E-state index < -0.39 is 12.1 Å². The van der Waals surface area contributed by atoms with Crippen LogP contribution in [0.25, 0.3) is 11.1 Å². The highest BCUT2D eigenvalue weighted by Gasteiger charge is 2.32. The van der Waals surface area contributed by atoms with Gasteiger partial charge in [0.15, 0.2) is 11.9 Å². The minimum Gasteiger partial charge on any atom is -0.451 e. The summed E-state index contributed by atoms with van der Waals surface area (Å²) in [7, 11) is 0. The van der Waals surface area contributed by atoms with Crippen molar-refractivity contribution in [2.75, 3.05) is 0 Å². The molecule has 2 saturated carbocycles. The number of aromatic nitrogens is 2. The maximum atomic E-state index is 13.0. The van der Waals surface area contributed by atoms with Gasteiger partial charge in [-0.2, -0.15) is 0 Å². The molecule has 2 aromatic rings. The fraction of sp³-hybridized carbons (Fsp3) is 0.619. The maximum absolute atomic E-state index is 13.0. The Kier molecular flexibility index (Phi) is 4.52. The fourth-order valence-corrected chi connectivity index (χ4v) is 3.67. The highest BCUT2D eigenvalue weighted by atomic mass is 16.5. The minimum atomic E-state index is -0.634. The number of ketones is 1. The quantitative estimate of drug-likeness (QED) is 0.744. The number of fused-ring (bicyclic) bond motifs is 1. The third kappa shape index (κ3) is 3.89. The molecule has 6 nitrogen and oxygen atoms in total. The van der Waals surface area contributed by atoms with Crippen LogP contribution in [-0.2, 0) is 16.0 Å². The van der Waals surface area contributed by atoms with Gasteiger partial charge in [0.1, 0.15) is 0 Å². The molecule has 2 heterocycles. The van der Waals surface area contributed by atoms with Crippen LogP contribution in [0, 0.1) is 5.41 Å². The molecule has 144 valence electrons. The molecule has 1 atom stereocenters. The number of esters is 1. The SMILES string of the molecule is CC(C)(C)Cc1noc2nc(C3CC3)cc(C(=O)O[C@@H]3CCCCC3=O)c12. The van der Waals surface area contributed by atoms with Crippen LogP contribution in [0.5, 0.6) is 0 Å². The normalized spacial score (nSPS) is 20.9. The Morgan fingerprint density at radius 1 is 1.26 bits per heavy atom. The van der Waals surface area contributed by atoms with E-state index in [1.54, 1.807) is 0 Å². The van der Waals surface area contributed by atoms with Crippen LogP contribution in [0.4, 0.5) is 0 Å². The summed E-state index contributed by atoms with van der Waals surface area (Å²) in [6, 6.07) is 1.82. The number of nitrogens with zero attached hydrogens (tertiary/aromatic N) is 2. The van der Waals surface area contributed by atoms with E-state index in [-0.39, 0.29) is 11.2 Å². The first-order chi connectivity index (χ1) is 12.8. The van der Waals surface area contributed by atoms with Gasteiger partial charge in [0, 0.05) is 18.0 Å². The van der Waals surface area contributed by atoms with Crippen molar-refractivity contribution in [3.63, 3.8) is 0 Å². The molecule has 0 amide bonds. The molecule has 0 spiro atoms. The predicted molar refractivity (Wildman–Crippen MR) is 99.6 cm³/mol. The van der Waals surface area contributed by atoms with Crippen molar-refractivity contribution in [3.8, 4) is 0 Å². The molecule has 0 saturated heterocycles. The second-order valence-corrected chi connectivity index (χ2v) is 9.02. The highest BCUT2D eigenvalue weighted by Crippen LogP contribution is 2.41. The Hall–Kier alpha value is -2.24. The number of hydrogen-bond donors (Lipinski definition) is 0. The summed E-state index contributed by atoms with van der Waals surface area (Å²) in [4.78, 5) is 29.7. The van der Waals surface area contributed by atoms with Crippen molar-refractivity contribution in [3.05, 3.63) is 23.0 Å². The lowest BCUT2D eigenvalue weighted by molar-refractivity contribution is -0.129. The van der Waals surface area contributed by atoms with Gasteiger partial charge in [0.25, 0.3) is 5.71 Å². The molecule has 6 heteroatoms. The van der Waals surface area contributed by atoms with E-state index in [9.17, 15) is 9.59 Å². The molecular formula is C21H26N2O4. The average Bonchev–Trinajstić information content (AvgIpc) is 3.38. The zero-order valence-corrected chi connectivity index (χ0v) is 16.2. The molecule has 27 heavy (non-hydrogen) atoms. The Morgan fingerprint density at radius 2 is 2.04 bits per heavy atom. The van der Waals surface area contributed by atoms with Crippen LogP contribution in [0.3, 0.4) is 0 Å². The lowest BCUT2D eigenvalue weighted by Gasteiger charge is -2.21. The molecule has 0 N–H and O–H groups in total. The smallest absolute Gasteiger partial charge is 0.339 e. The molecular weight excluding hydrogens is 344 g/mol. The van der Waals surface area contributed by atoms with E-state index in [1.807, 2.05) is 6.07 Å². The van der Waals surface area contributed by atoms with Crippen LogP contribution in [0.15, 0.2) is 10.6 Å². The van der Waals surface area contributed by atoms with Crippen LogP contribution >= 0.6 is 0 Å². The monoisotopic (exact) mass is 370 g/mol. The number of hydrogen-bond acceptors (Lipinski definition) is 6. The van der Waals surface area contributed by atoms with E-state index in [4.69, 9.17) is 9.26 Å². The van der Waals surface area contributed by atoms with Crippen molar-refractivity contribution in [1.29, 1.82) is 0 Å². The third-order valence-electron chi connectivity index (χ3n) is 5.20. The van der Waals surface area contributed by atoms with E-state index in [2.05, 4.69) is 30.9 Å². The van der Waals surface area contributed by atoms with E-state index in [0.29, 0.717) is 47.5 Å². The van der Waals surface area contributed by atoms with Crippen molar-refractivity contribution in [1.82, 2.24) is 10.1 Å². The van der Waals surface area contributed by atoms with Gasteiger partial charge in [0.2, 0.25) is 0 Å². The first-order valence-electron chi connectivity index (χ1n) is 9.85. The summed E-state index contributed by atoms with van der Waals surface area (Å²) in [5, 5.41) is 4.82. The Balaban J connectivity index is 1.72. The van der Waals surface area contributed by atoms with E-state index in [0.717, 1.165) is 31.4 Å². The van der Waals surface area contributed by atoms with Crippen molar-refractivity contribution < 1.29 is 18.8 Å². The zero-order chi connectivity index (χ0) is 19.2. The minimum absolute atomic E-state index is 0.0144. The van der Waals surface area contributed by atoms with Gasteiger partial charge >= 0.3 is 5.97 Å². The lowest BCUT2D eigenvalue weighted by atomic mass is 9.89. The molecule has 0 aromatic carbocycles. The predicted octanol–water partition coefficient (Wildman–Crippen LogP) is 4.36. The molecule has 2 aromatic heterocycles. The number of ether oxygens (including phenoxy) is 1. The van der Waals surface area contributed by atoms with Gasteiger partial charge in [-0.25, -0.2) is 9.78 Å². The summed E-state index contributed by atoms with van der Waals surface area (Å²) < 4.78 is 11.1. The Morgan fingerprint density at radius 3 is 2.70 bits per heavy atom. The highest BCUT2D eigenvalue weighted by molar-refractivity contribution is 6.04. The third-order valence-corrected chi connectivity index (χ3v) is 5.20. The van der Waals surface area contributed by atoms with Crippen LogP contribution in [0.1, 0.15) is 87.0 Å². The van der Waals surface area contributed by atoms with Crippen LogP contribution < -0.4 is 0 Å². The summed E-state index contributed by atoms with van der Waals surface area (Å²) in [6.45, 7) is 6.33. The second-order valence-electron chi connectivity index (χ2n) is 9.02. The molecule has 2 aliphatic carbocycles. The summed E-state index contributed by atoms with van der Waals surface area (Å²) in [6.07, 6.45) is 5.03. The molecule has 0 bridgehead atoms. The van der Waals surface area contributed by atoms with Gasteiger partial charge in [-0.05, 0) is 50.0 Å². The van der Waals surface area contributed by atoms with Crippen molar-refractivity contribution >= 4 is 22.9 Å². The largest absolute Gasteiger partial charge is 0.451 e. The second kappa shape index (κ2) is 6.73. The molecule has 0 radical (unpaired) electrons. The number of Topliss-reactive ketones (excluding diaryl/α,β-unsaturated/α-hetero) is 1. The lowest BCUT2D eigenvalue weighted by Crippen LogP contribution is -2.30. The topological polar surface area (TPSA) is 82.3 Å². The zero-order valence-electron chi connectivity index (χ0n) is 16.2. The number of pyridine rings is 1. The summed E-state index contributed by atoms with van der Waals surface area (Å²) in [5.74, 6) is -0.0844. The van der Waals surface area contributed by atoms with Gasteiger partial charge in [-0.3, -0.25) is 4.79 Å². The van der Waals surface area contributed by atoms with E-state index in [1.165, 1.54) is 0 Å². The van der Waals surface area contributed by atoms with Crippen LogP contribution in [-0.4, -0.2) is 28.0 Å². The number of carbonyl (C=O) groups is 2. The maximum Gasteiger partial charge on any atom is 0.339 e. The number of rotatable bonds is 4. The molecule has 2 aliphatic rings. The molecule has 2 fully saturated rings. The fourth-order valence-electron chi connectivity index (χ4n) is 3.67. The summed E-state index contributed by atoms with van der Waals surface area (Å²) in [5.41, 5.74) is 2.37. The van der Waals surface area contributed by atoms with Crippen molar-refractivity contribution in [2.24, 2.45) is 5.41 Å². The Bertz CT molecular complexity index is 889. The van der Waals surface area contributed by atoms with Gasteiger partial charge in [-0.15, -0.1) is 0 Å². The standard InChI is InChI=1S/C21H26N2O4/c1-21(2,3)11-15-18-13(20(25)26-17-7-5-4-6-16(17)24)10-14(12-8-9-12)22-19(18)27-23-15/h10,12,17H,4-9,11H2,1-3H3/t17-/m1/s1. The number of carbonyl (C=O) groups excluding carboxylic acids is 2. The van der Waals surface area contributed by atoms with Gasteiger partial charge < -0.3 is 9.26 Å². The molecule has 0 aliphatic heterocycles. The Labute approximate surface area is 158 Å². The van der Waals surface area contributed by atoms with Gasteiger partial charge in [-0.1, -0.05) is 25.9 Å². The first-order valence-corrected chi connectivity index (χ1v) is 9.85. The summed E-state index contributed by atoms with van der Waals surface area (Å²) >= 11 is 0. The van der Waals surface area contributed by atoms with Crippen molar-refractivity contribution in [2.45, 2.75) is 77.7 Å². The molecule has 4 rings (SSSR count). The average molecular weight is 370 g/mol. The van der Waals surface area contributed by atoms with Gasteiger partial charge in [0.05, 0.1) is 16.6 Å². The van der Waals surface area contributed by atoms with E-state index >= 15 is 0 Å².